The van der Waals surface area contributed by atoms with Crippen molar-refractivity contribution in [2.24, 2.45) is 59.2 Å². The molecule has 3 aliphatic carbocycles. The summed E-state index contributed by atoms with van der Waals surface area (Å²) in [7, 11) is 0. The van der Waals surface area contributed by atoms with Crippen molar-refractivity contribution in [3.63, 3.8) is 0 Å². The van der Waals surface area contributed by atoms with E-state index in [4.69, 9.17) is 0 Å². The lowest BCUT2D eigenvalue weighted by Gasteiger charge is -2.57. The Morgan fingerprint density at radius 1 is 0.375 bits per heavy atom. The Labute approximate surface area is 300 Å². The zero-order valence-corrected chi connectivity index (χ0v) is 31.3. The van der Waals surface area contributed by atoms with Crippen LogP contribution in [-0.4, -0.2) is 108 Å². The Kier molecular flexibility index (Phi) is 8.71. The van der Waals surface area contributed by atoms with Crippen LogP contribution >= 0.6 is 23.5 Å². The first-order chi connectivity index (χ1) is 23.7. The fourth-order valence-electron chi connectivity index (χ4n) is 14.8. The van der Waals surface area contributed by atoms with E-state index < -0.39 is 0 Å². The molecule has 11 aliphatic rings. The molecule has 8 aliphatic heterocycles. The smallest absolute Gasteiger partial charge is 0.0563 e. The third-order valence-electron chi connectivity index (χ3n) is 17.1. The summed E-state index contributed by atoms with van der Waals surface area (Å²) in [6.45, 7) is 10.7. The van der Waals surface area contributed by atoms with Crippen LogP contribution < -0.4 is 21.3 Å². The largest absolute Gasteiger partial charge is 0.312 e. The topological polar surface area (TPSA) is 54.6 Å². The highest BCUT2D eigenvalue weighted by Gasteiger charge is 2.56. The lowest BCUT2D eigenvalue weighted by atomic mass is 9.59. The van der Waals surface area contributed by atoms with Crippen molar-refractivity contribution in [1.82, 2.24) is 31.1 Å². The summed E-state index contributed by atoms with van der Waals surface area (Å²) in [5, 5.41) is 19.6. The van der Waals surface area contributed by atoms with Crippen molar-refractivity contribution in [2.75, 3.05) is 52.4 Å². The van der Waals surface area contributed by atoms with Crippen LogP contribution in [0.4, 0.5) is 0 Å². The van der Waals surface area contributed by atoms with Crippen LogP contribution in [0, 0.1) is 59.2 Å². The second-order valence-electron chi connectivity index (χ2n) is 19.3. The van der Waals surface area contributed by atoms with Crippen molar-refractivity contribution in [2.45, 2.75) is 135 Å². The monoisotopic (exact) mass is 694 g/mol. The molecule has 8 saturated heterocycles. The molecule has 0 aromatic heterocycles. The molecule has 0 aromatic carbocycles. The minimum atomic E-state index is 0.763. The van der Waals surface area contributed by atoms with E-state index in [1.54, 1.807) is 0 Å². The summed E-state index contributed by atoms with van der Waals surface area (Å²) < 4.78 is 0. The average Bonchev–Trinajstić information content (AvgIpc) is 3.68. The highest BCUT2D eigenvalue weighted by Crippen LogP contribution is 2.58. The molecule has 0 amide bonds. The van der Waals surface area contributed by atoms with Gasteiger partial charge in [0, 0.05) is 60.8 Å². The fourth-order valence-corrected chi connectivity index (χ4v) is 18.6. The summed E-state index contributed by atoms with van der Waals surface area (Å²) in [5.41, 5.74) is 0. The van der Waals surface area contributed by atoms with Gasteiger partial charge in [-0.3, -0.25) is 9.80 Å². The number of thioether (sulfide) groups is 2. The number of hydrogen-bond donors (Lipinski definition) is 4. The SMILES string of the molecule is C1CNC2C(C1)CC(C1CN(C3CC4CC5SC(N6CC(C7CC8CCCNC8C8NCCCC78)C6)CC5CC4S3)C1)C1CCCNC12. The van der Waals surface area contributed by atoms with E-state index in [0.29, 0.717) is 0 Å². The molecule has 0 aromatic rings. The number of piperidine rings is 4. The van der Waals surface area contributed by atoms with Crippen LogP contribution in [0.1, 0.15) is 89.9 Å². The summed E-state index contributed by atoms with van der Waals surface area (Å²) in [5.74, 6) is 9.69. The molecule has 48 heavy (non-hydrogen) atoms. The van der Waals surface area contributed by atoms with Gasteiger partial charge in [0.1, 0.15) is 0 Å². The van der Waals surface area contributed by atoms with Crippen LogP contribution in [0.15, 0.2) is 0 Å². The second-order valence-corrected chi connectivity index (χ2v) is 22.1. The average molecular weight is 695 g/mol. The number of rotatable bonds is 4. The summed E-state index contributed by atoms with van der Waals surface area (Å²) in [4.78, 5) is 5.94. The van der Waals surface area contributed by atoms with E-state index in [2.05, 4.69) is 54.6 Å². The van der Waals surface area contributed by atoms with Crippen molar-refractivity contribution in [3.8, 4) is 0 Å². The van der Waals surface area contributed by atoms with Crippen molar-refractivity contribution in [1.29, 1.82) is 0 Å². The van der Waals surface area contributed by atoms with E-state index in [1.165, 1.54) is 142 Å². The van der Waals surface area contributed by atoms with Crippen molar-refractivity contribution >= 4 is 23.5 Å². The molecule has 11 fully saturated rings. The molecule has 3 saturated carbocycles. The van der Waals surface area contributed by atoms with E-state index >= 15 is 0 Å². The van der Waals surface area contributed by atoms with Crippen LogP contribution in [-0.2, 0) is 0 Å². The maximum absolute atomic E-state index is 4.04. The zero-order valence-electron chi connectivity index (χ0n) is 29.7. The number of hydrogen-bond acceptors (Lipinski definition) is 8. The van der Waals surface area contributed by atoms with Gasteiger partial charge in [0.2, 0.25) is 0 Å². The second kappa shape index (κ2) is 13.1. The molecular weight excluding hydrogens is 629 g/mol. The first-order valence-corrected chi connectivity index (χ1v) is 23.3. The lowest BCUT2D eigenvalue weighted by molar-refractivity contribution is -0.0417. The molecular formula is C40H66N6S2. The summed E-state index contributed by atoms with van der Waals surface area (Å²) in [6, 6.07) is 3.06. The third-order valence-corrected chi connectivity index (χ3v) is 20.6. The first-order valence-electron chi connectivity index (χ1n) is 21.5. The quantitative estimate of drug-likeness (QED) is 0.327. The molecule has 0 bridgehead atoms. The van der Waals surface area contributed by atoms with Gasteiger partial charge in [-0.05, 0) is 175 Å². The molecule has 0 spiro atoms. The Morgan fingerprint density at radius 3 is 1.25 bits per heavy atom. The van der Waals surface area contributed by atoms with E-state index in [1.807, 2.05) is 0 Å². The van der Waals surface area contributed by atoms with Crippen LogP contribution in [0.2, 0.25) is 0 Å². The van der Waals surface area contributed by atoms with Gasteiger partial charge in [0.25, 0.3) is 0 Å². The van der Waals surface area contributed by atoms with Gasteiger partial charge in [-0.2, -0.15) is 0 Å². The van der Waals surface area contributed by atoms with Crippen molar-refractivity contribution in [3.05, 3.63) is 0 Å². The number of nitrogens with one attached hydrogen (secondary N) is 4. The standard InChI is InChI=1S/C40H66N6S2/c1-5-23-13-31(29-7-3-11-43-39(29)37(23)41-9-1)27-19-45(20-27)35-17-25-15-34-26(16-33(25)47-35)18-36(48-34)46-21-28(22-46)32-14-24-6-2-10-42-38(24)40-30(32)8-4-12-44-40/h23-44H,1-22H2. The van der Waals surface area contributed by atoms with E-state index in [9.17, 15) is 0 Å². The van der Waals surface area contributed by atoms with Gasteiger partial charge in [0.05, 0.1) is 10.7 Å². The van der Waals surface area contributed by atoms with Crippen molar-refractivity contribution < 1.29 is 0 Å². The van der Waals surface area contributed by atoms with E-state index in [-0.39, 0.29) is 0 Å². The number of nitrogens with zero attached hydrogens (tertiary/aromatic N) is 2. The van der Waals surface area contributed by atoms with E-state index in [0.717, 1.165) is 105 Å². The fraction of sp³-hybridized carbons (Fsp3) is 1.00. The molecule has 0 radical (unpaired) electrons. The molecule has 16 atom stereocenters. The maximum Gasteiger partial charge on any atom is 0.0563 e. The normalized spacial score (nSPS) is 54.5. The van der Waals surface area contributed by atoms with Crippen LogP contribution in [0.25, 0.3) is 0 Å². The highest BCUT2D eigenvalue weighted by atomic mass is 32.2. The Bertz CT molecular complexity index is 1050. The molecule has 4 N–H and O–H groups in total. The zero-order chi connectivity index (χ0) is 31.3. The molecule has 6 nitrogen and oxygen atoms in total. The van der Waals surface area contributed by atoms with Gasteiger partial charge in [0.15, 0.2) is 0 Å². The van der Waals surface area contributed by atoms with Crippen LogP contribution in [0.5, 0.6) is 0 Å². The van der Waals surface area contributed by atoms with Gasteiger partial charge in [-0.15, -0.1) is 23.5 Å². The Morgan fingerprint density at radius 2 is 0.792 bits per heavy atom. The number of likely N-dealkylation sites (tertiary alicyclic amines) is 2. The number of fused-ring (bicyclic) bond motifs is 8. The molecule has 8 heterocycles. The Balaban J connectivity index is 0.668. The lowest BCUT2D eigenvalue weighted by Crippen LogP contribution is -2.66. The predicted octanol–water partition coefficient (Wildman–Crippen LogP) is 5.05. The minimum absolute atomic E-state index is 0.763. The minimum Gasteiger partial charge on any atom is -0.312 e. The molecule has 16 unspecified atom stereocenters. The molecule has 11 rings (SSSR count). The highest BCUT2D eigenvalue weighted by molar-refractivity contribution is 8.01. The van der Waals surface area contributed by atoms with Crippen LogP contribution in [0.3, 0.4) is 0 Å². The van der Waals surface area contributed by atoms with Gasteiger partial charge in [-0.1, -0.05) is 0 Å². The predicted molar refractivity (Wildman–Crippen MR) is 200 cm³/mol. The summed E-state index contributed by atoms with van der Waals surface area (Å²) in [6.07, 6.45) is 20.7. The Hall–Kier alpha value is 0.460. The maximum atomic E-state index is 4.04. The van der Waals surface area contributed by atoms with Gasteiger partial charge in [-0.25, -0.2) is 0 Å². The molecule has 8 heteroatoms. The summed E-state index contributed by atoms with van der Waals surface area (Å²) >= 11 is 4.91. The van der Waals surface area contributed by atoms with Gasteiger partial charge < -0.3 is 21.3 Å². The first kappa shape index (κ1) is 31.9. The third kappa shape index (κ3) is 5.47. The van der Waals surface area contributed by atoms with Gasteiger partial charge >= 0.3 is 0 Å². The molecule has 268 valence electrons.